The van der Waals surface area contributed by atoms with Gasteiger partial charge in [-0.3, -0.25) is 4.79 Å². The molecular weight excluding hydrogens is 211 g/mol. The zero-order valence-electron chi connectivity index (χ0n) is 9.14. The zero-order chi connectivity index (χ0) is 12.1. The number of hydrogen-bond donors (Lipinski definition) is 2. The SMILES string of the molecule is CCOc1cc(C=O)c(B(O)O)cc1OC. The normalized spacial score (nSPS) is 9.75. The van der Waals surface area contributed by atoms with Gasteiger partial charge in [-0.25, -0.2) is 0 Å². The number of methoxy groups -OCH3 is 1. The predicted octanol–water partition coefficient (Wildman–Crippen LogP) is -0.414. The third-order valence-corrected chi connectivity index (χ3v) is 2.07. The Labute approximate surface area is 93.8 Å². The van der Waals surface area contributed by atoms with Gasteiger partial charge < -0.3 is 19.5 Å². The molecule has 0 aliphatic carbocycles. The van der Waals surface area contributed by atoms with Gasteiger partial charge in [0.1, 0.15) is 6.29 Å². The van der Waals surface area contributed by atoms with E-state index in [1.165, 1.54) is 19.2 Å². The van der Waals surface area contributed by atoms with E-state index < -0.39 is 7.12 Å². The van der Waals surface area contributed by atoms with Gasteiger partial charge in [-0.2, -0.15) is 0 Å². The maximum absolute atomic E-state index is 10.8. The standard InChI is InChI=1S/C10H13BO5/c1-3-16-10-4-7(6-12)8(11(13)14)5-9(10)15-2/h4-6,13-14H,3H2,1-2H3. The first-order valence-electron chi connectivity index (χ1n) is 4.80. The van der Waals surface area contributed by atoms with Gasteiger partial charge in [-0.15, -0.1) is 0 Å². The van der Waals surface area contributed by atoms with Crippen LogP contribution in [0, 0.1) is 0 Å². The molecule has 1 aromatic rings. The molecule has 1 aromatic carbocycles. The number of carbonyl (C=O) groups is 1. The van der Waals surface area contributed by atoms with Crippen molar-refractivity contribution in [2.75, 3.05) is 13.7 Å². The first kappa shape index (κ1) is 12.5. The summed E-state index contributed by atoms with van der Waals surface area (Å²) < 4.78 is 10.3. The van der Waals surface area contributed by atoms with Gasteiger partial charge in [0, 0.05) is 5.56 Å². The quantitative estimate of drug-likeness (QED) is 0.525. The number of ether oxygens (including phenoxy) is 2. The maximum atomic E-state index is 10.8. The molecule has 0 saturated heterocycles. The molecule has 0 unspecified atom stereocenters. The molecule has 0 radical (unpaired) electrons. The first-order valence-corrected chi connectivity index (χ1v) is 4.80. The average molecular weight is 224 g/mol. The van der Waals surface area contributed by atoms with Crippen LogP contribution in [0.1, 0.15) is 17.3 Å². The summed E-state index contributed by atoms with van der Waals surface area (Å²) in [7, 11) is -0.281. The van der Waals surface area contributed by atoms with Crippen LogP contribution in [0.4, 0.5) is 0 Å². The van der Waals surface area contributed by atoms with Crippen LogP contribution in [0.5, 0.6) is 11.5 Å². The molecule has 0 aromatic heterocycles. The fraction of sp³-hybridized carbons (Fsp3) is 0.300. The second-order valence-electron chi connectivity index (χ2n) is 3.06. The molecule has 0 fully saturated rings. The van der Waals surface area contributed by atoms with Crippen molar-refractivity contribution in [3.63, 3.8) is 0 Å². The Balaban J connectivity index is 3.28. The van der Waals surface area contributed by atoms with Crippen LogP contribution in [0.15, 0.2) is 12.1 Å². The second kappa shape index (κ2) is 5.53. The minimum absolute atomic E-state index is 0.0929. The molecule has 0 atom stereocenters. The van der Waals surface area contributed by atoms with E-state index in [4.69, 9.17) is 19.5 Å². The number of carbonyl (C=O) groups excluding carboxylic acids is 1. The van der Waals surface area contributed by atoms with E-state index in [1.54, 1.807) is 6.92 Å². The summed E-state index contributed by atoms with van der Waals surface area (Å²) in [5.41, 5.74) is 0.259. The second-order valence-corrected chi connectivity index (χ2v) is 3.06. The Morgan fingerprint density at radius 2 is 2.06 bits per heavy atom. The third-order valence-electron chi connectivity index (χ3n) is 2.07. The van der Waals surface area contributed by atoms with Gasteiger partial charge in [0.25, 0.3) is 0 Å². The molecule has 0 aliphatic heterocycles. The van der Waals surface area contributed by atoms with Gasteiger partial charge in [-0.1, -0.05) is 0 Å². The van der Waals surface area contributed by atoms with Gasteiger partial charge in [0.15, 0.2) is 11.5 Å². The Kier molecular flexibility index (Phi) is 4.33. The van der Waals surface area contributed by atoms with Crippen LogP contribution in [-0.2, 0) is 0 Å². The summed E-state index contributed by atoms with van der Waals surface area (Å²) in [6.45, 7) is 2.23. The van der Waals surface area contributed by atoms with E-state index >= 15 is 0 Å². The Bertz CT molecular complexity index is 378. The Morgan fingerprint density at radius 3 is 2.50 bits per heavy atom. The molecule has 0 amide bonds. The van der Waals surface area contributed by atoms with E-state index in [0.717, 1.165) is 0 Å². The highest BCUT2D eigenvalue weighted by atomic mass is 16.5. The number of benzene rings is 1. The van der Waals surface area contributed by atoms with Crippen molar-refractivity contribution in [1.29, 1.82) is 0 Å². The molecule has 0 bridgehead atoms. The lowest BCUT2D eigenvalue weighted by Crippen LogP contribution is -2.33. The van der Waals surface area contributed by atoms with E-state index in [9.17, 15) is 4.79 Å². The maximum Gasteiger partial charge on any atom is 0.489 e. The monoisotopic (exact) mass is 224 g/mol. The van der Waals surface area contributed by atoms with Gasteiger partial charge in [-0.05, 0) is 24.5 Å². The van der Waals surface area contributed by atoms with E-state index in [1.807, 2.05) is 0 Å². The topological polar surface area (TPSA) is 76.0 Å². The zero-order valence-corrected chi connectivity index (χ0v) is 9.14. The summed E-state index contributed by atoms with van der Waals surface area (Å²) >= 11 is 0. The highest BCUT2D eigenvalue weighted by molar-refractivity contribution is 6.60. The minimum atomic E-state index is -1.72. The molecule has 1 rings (SSSR count). The number of hydrogen-bond acceptors (Lipinski definition) is 5. The van der Waals surface area contributed by atoms with Crippen LogP contribution in [0.2, 0.25) is 0 Å². The highest BCUT2D eigenvalue weighted by Gasteiger charge is 2.19. The average Bonchev–Trinajstić information content (AvgIpc) is 2.28. The molecule has 0 saturated carbocycles. The summed E-state index contributed by atoms with van der Waals surface area (Å²) in [5, 5.41) is 18.2. The molecule has 0 spiro atoms. The molecular formula is C10H13BO5. The van der Waals surface area contributed by atoms with Crippen LogP contribution >= 0.6 is 0 Å². The lowest BCUT2D eigenvalue weighted by molar-refractivity contribution is 0.112. The van der Waals surface area contributed by atoms with Crippen LogP contribution in [0.25, 0.3) is 0 Å². The van der Waals surface area contributed by atoms with Crippen molar-refractivity contribution in [3.05, 3.63) is 17.7 Å². The summed E-state index contributed by atoms with van der Waals surface area (Å²) in [6.07, 6.45) is 0.538. The molecule has 86 valence electrons. The minimum Gasteiger partial charge on any atom is -0.493 e. The number of rotatable bonds is 5. The first-order chi connectivity index (χ1) is 7.63. The Morgan fingerprint density at radius 1 is 1.38 bits per heavy atom. The van der Waals surface area contributed by atoms with Crippen LogP contribution < -0.4 is 14.9 Å². The fourth-order valence-corrected chi connectivity index (χ4v) is 1.34. The van der Waals surface area contributed by atoms with Crippen molar-refractivity contribution in [2.45, 2.75) is 6.92 Å². The lowest BCUT2D eigenvalue weighted by atomic mass is 9.77. The van der Waals surface area contributed by atoms with Crippen molar-refractivity contribution in [1.82, 2.24) is 0 Å². The molecule has 0 heterocycles. The smallest absolute Gasteiger partial charge is 0.489 e. The van der Waals surface area contributed by atoms with Gasteiger partial charge in [0.2, 0.25) is 0 Å². The summed E-state index contributed by atoms with van der Waals surface area (Å²) in [4.78, 5) is 10.8. The summed E-state index contributed by atoms with van der Waals surface area (Å²) in [6, 6.07) is 2.80. The van der Waals surface area contributed by atoms with Gasteiger partial charge >= 0.3 is 7.12 Å². The Hall–Kier alpha value is -1.53. The summed E-state index contributed by atoms with van der Waals surface area (Å²) in [5.74, 6) is 0.757. The lowest BCUT2D eigenvalue weighted by Gasteiger charge is -2.12. The van der Waals surface area contributed by atoms with Crippen LogP contribution in [-0.4, -0.2) is 37.2 Å². The molecule has 16 heavy (non-hydrogen) atoms. The largest absolute Gasteiger partial charge is 0.493 e. The number of aldehydes is 1. The fourth-order valence-electron chi connectivity index (χ4n) is 1.34. The van der Waals surface area contributed by atoms with E-state index in [0.29, 0.717) is 24.4 Å². The van der Waals surface area contributed by atoms with Gasteiger partial charge in [0.05, 0.1) is 13.7 Å². The van der Waals surface area contributed by atoms with E-state index in [2.05, 4.69) is 0 Å². The molecule has 5 nitrogen and oxygen atoms in total. The predicted molar refractivity (Wildman–Crippen MR) is 59.4 cm³/mol. The van der Waals surface area contributed by atoms with Crippen LogP contribution in [0.3, 0.4) is 0 Å². The van der Waals surface area contributed by atoms with Crippen molar-refractivity contribution in [3.8, 4) is 11.5 Å². The van der Waals surface area contributed by atoms with Crippen molar-refractivity contribution >= 4 is 18.9 Å². The van der Waals surface area contributed by atoms with E-state index in [-0.39, 0.29) is 11.0 Å². The molecule has 0 aliphatic rings. The molecule has 2 N–H and O–H groups in total. The third kappa shape index (κ3) is 2.53. The van der Waals surface area contributed by atoms with Crippen molar-refractivity contribution < 1.29 is 24.3 Å². The molecule has 6 heteroatoms. The van der Waals surface area contributed by atoms with Crippen molar-refractivity contribution in [2.24, 2.45) is 0 Å². The highest BCUT2D eigenvalue weighted by Crippen LogP contribution is 2.26.